The van der Waals surface area contributed by atoms with E-state index in [0.717, 1.165) is 19.3 Å². The minimum atomic E-state index is -3.68. The maximum absolute atomic E-state index is 13.0. The number of hydrogen-bond donors (Lipinski definition) is 1. The number of ether oxygens (including phenoxy) is 1. The molecule has 3 aromatic rings. The van der Waals surface area contributed by atoms with E-state index in [-0.39, 0.29) is 16.1 Å². The van der Waals surface area contributed by atoms with Gasteiger partial charge >= 0.3 is 11.6 Å². The molecule has 2 heterocycles. The monoisotopic (exact) mass is 484 g/mol. The minimum Gasteiger partial charge on any atom is -0.452 e. The number of carbonyl (C=O) groups excluding carboxylic acids is 2. The molecule has 0 atom stereocenters. The molecule has 1 saturated heterocycles. The fourth-order valence-electron chi connectivity index (χ4n) is 3.81. The Morgan fingerprint density at radius 2 is 1.79 bits per heavy atom. The summed E-state index contributed by atoms with van der Waals surface area (Å²) in [4.78, 5) is 36.9. The molecule has 10 heteroatoms. The normalized spacial score (nSPS) is 14.6. The standard InChI is InChI=1S/C24H24N2O7S/c1-16-9-10-18(14-21(16)34(30,31)26-11-5-2-6-12-26)25-22(27)15-32-23(28)19-13-17-7-3-4-8-20(17)33-24(19)29/h3-4,7-10,13-14H,2,5-6,11-12,15H2,1H3,(H,25,27). The van der Waals surface area contributed by atoms with Crippen LogP contribution >= 0.6 is 0 Å². The highest BCUT2D eigenvalue weighted by atomic mass is 32.2. The summed E-state index contributed by atoms with van der Waals surface area (Å²) in [6, 6.07) is 12.6. The number of para-hydroxylation sites is 1. The first kappa shape index (κ1) is 23.7. The van der Waals surface area contributed by atoms with E-state index >= 15 is 0 Å². The van der Waals surface area contributed by atoms with Crippen LogP contribution in [-0.2, 0) is 19.6 Å². The molecule has 0 spiro atoms. The number of piperidine rings is 1. The molecule has 1 aromatic heterocycles. The van der Waals surface area contributed by atoms with E-state index in [9.17, 15) is 22.8 Å². The van der Waals surface area contributed by atoms with Crippen molar-refractivity contribution < 1.29 is 27.2 Å². The summed E-state index contributed by atoms with van der Waals surface area (Å²) < 4.78 is 37.6. The maximum atomic E-state index is 13.0. The van der Waals surface area contributed by atoms with Crippen LogP contribution in [-0.4, -0.2) is 44.3 Å². The average molecular weight is 485 g/mol. The third kappa shape index (κ3) is 5.02. The molecule has 2 aromatic carbocycles. The second-order valence-corrected chi connectivity index (χ2v) is 9.96. The van der Waals surface area contributed by atoms with E-state index in [4.69, 9.17) is 9.15 Å². The third-order valence-electron chi connectivity index (χ3n) is 5.60. The Morgan fingerprint density at radius 3 is 2.56 bits per heavy atom. The molecule has 0 radical (unpaired) electrons. The lowest BCUT2D eigenvalue weighted by atomic mass is 10.2. The van der Waals surface area contributed by atoms with E-state index in [0.29, 0.717) is 29.6 Å². The van der Waals surface area contributed by atoms with Crippen LogP contribution in [0, 0.1) is 6.92 Å². The van der Waals surface area contributed by atoms with Gasteiger partial charge in [-0.3, -0.25) is 4.79 Å². The SMILES string of the molecule is Cc1ccc(NC(=O)COC(=O)c2cc3ccccc3oc2=O)cc1S(=O)(=O)N1CCCCC1. The molecule has 0 bridgehead atoms. The summed E-state index contributed by atoms with van der Waals surface area (Å²) in [6.07, 6.45) is 2.63. The van der Waals surface area contributed by atoms with Gasteiger partial charge in [0, 0.05) is 24.2 Å². The predicted octanol–water partition coefficient (Wildman–Crippen LogP) is 3.07. The van der Waals surface area contributed by atoms with Gasteiger partial charge < -0.3 is 14.5 Å². The van der Waals surface area contributed by atoms with Crippen molar-refractivity contribution in [3.8, 4) is 0 Å². The first-order valence-electron chi connectivity index (χ1n) is 10.9. The quantitative estimate of drug-likeness (QED) is 0.421. The van der Waals surface area contributed by atoms with Crippen molar-refractivity contribution in [3.63, 3.8) is 0 Å². The van der Waals surface area contributed by atoms with Gasteiger partial charge in [0.05, 0.1) is 4.90 Å². The maximum Gasteiger partial charge on any atom is 0.351 e. The van der Waals surface area contributed by atoms with Crippen LogP contribution in [0.1, 0.15) is 35.2 Å². The van der Waals surface area contributed by atoms with Crippen LogP contribution in [0.25, 0.3) is 11.0 Å². The molecule has 1 aliphatic rings. The van der Waals surface area contributed by atoms with Crippen molar-refractivity contribution in [3.05, 3.63) is 70.1 Å². The Morgan fingerprint density at radius 1 is 1.06 bits per heavy atom. The number of aryl methyl sites for hydroxylation is 1. The number of benzene rings is 2. The van der Waals surface area contributed by atoms with Gasteiger partial charge in [-0.15, -0.1) is 0 Å². The summed E-state index contributed by atoms with van der Waals surface area (Å²) in [6.45, 7) is 1.97. The van der Waals surface area contributed by atoms with Gasteiger partial charge in [-0.05, 0) is 49.6 Å². The van der Waals surface area contributed by atoms with Crippen LogP contribution in [0.2, 0.25) is 0 Å². The molecule has 1 amide bonds. The molecule has 9 nitrogen and oxygen atoms in total. The van der Waals surface area contributed by atoms with E-state index in [1.807, 2.05) is 0 Å². The largest absolute Gasteiger partial charge is 0.452 e. The number of hydrogen-bond acceptors (Lipinski definition) is 7. The molecule has 4 rings (SSSR count). The number of anilines is 1. The smallest absolute Gasteiger partial charge is 0.351 e. The lowest BCUT2D eigenvalue weighted by Gasteiger charge is -2.26. The summed E-state index contributed by atoms with van der Waals surface area (Å²) in [7, 11) is -3.68. The zero-order chi connectivity index (χ0) is 24.3. The predicted molar refractivity (Wildman–Crippen MR) is 125 cm³/mol. The molecule has 1 N–H and O–H groups in total. The summed E-state index contributed by atoms with van der Waals surface area (Å²) >= 11 is 0. The van der Waals surface area contributed by atoms with Crippen molar-refractivity contribution in [1.82, 2.24) is 4.31 Å². The summed E-state index contributed by atoms with van der Waals surface area (Å²) in [5.74, 6) is -1.67. The van der Waals surface area contributed by atoms with E-state index in [1.54, 1.807) is 43.3 Å². The van der Waals surface area contributed by atoms with Crippen LogP contribution in [0.5, 0.6) is 0 Å². The number of esters is 1. The second-order valence-electron chi connectivity index (χ2n) is 8.05. The highest BCUT2D eigenvalue weighted by Gasteiger charge is 2.27. The summed E-state index contributed by atoms with van der Waals surface area (Å²) in [5.41, 5.74) is -0.0334. The number of fused-ring (bicyclic) bond motifs is 1. The van der Waals surface area contributed by atoms with Gasteiger partial charge in [0.25, 0.3) is 5.91 Å². The fourth-order valence-corrected chi connectivity index (χ4v) is 5.58. The lowest BCUT2D eigenvalue weighted by molar-refractivity contribution is -0.119. The topological polar surface area (TPSA) is 123 Å². The number of nitrogens with one attached hydrogen (secondary N) is 1. The van der Waals surface area contributed by atoms with Crippen LogP contribution in [0.15, 0.2) is 62.6 Å². The number of carbonyl (C=O) groups is 2. The highest BCUT2D eigenvalue weighted by molar-refractivity contribution is 7.89. The number of amides is 1. The van der Waals surface area contributed by atoms with E-state index in [1.165, 1.54) is 16.4 Å². The van der Waals surface area contributed by atoms with Gasteiger partial charge in [-0.2, -0.15) is 4.31 Å². The van der Waals surface area contributed by atoms with Crippen LogP contribution < -0.4 is 10.9 Å². The van der Waals surface area contributed by atoms with E-state index in [2.05, 4.69) is 5.32 Å². The lowest BCUT2D eigenvalue weighted by Crippen LogP contribution is -2.36. The summed E-state index contributed by atoms with van der Waals surface area (Å²) in [5, 5.41) is 3.08. The number of rotatable bonds is 6. The Bertz CT molecular complexity index is 1410. The molecule has 34 heavy (non-hydrogen) atoms. The molecule has 1 aliphatic heterocycles. The van der Waals surface area contributed by atoms with Gasteiger partial charge in [-0.1, -0.05) is 30.7 Å². The molecule has 0 unspecified atom stereocenters. The zero-order valence-corrected chi connectivity index (χ0v) is 19.4. The number of sulfonamides is 1. The Hall–Kier alpha value is -3.50. The Labute approximate surface area is 196 Å². The van der Waals surface area contributed by atoms with Gasteiger partial charge in [0.1, 0.15) is 11.1 Å². The number of nitrogens with zero attached hydrogens (tertiary/aromatic N) is 1. The van der Waals surface area contributed by atoms with E-state index < -0.39 is 34.1 Å². The van der Waals surface area contributed by atoms with Gasteiger partial charge in [-0.25, -0.2) is 18.0 Å². The Balaban J connectivity index is 1.43. The van der Waals surface area contributed by atoms with Crippen molar-refractivity contribution in [2.75, 3.05) is 25.0 Å². The van der Waals surface area contributed by atoms with Crippen molar-refractivity contribution in [2.45, 2.75) is 31.1 Å². The third-order valence-corrected chi connectivity index (χ3v) is 7.64. The minimum absolute atomic E-state index is 0.123. The van der Waals surface area contributed by atoms with Crippen molar-refractivity contribution in [2.24, 2.45) is 0 Å². The molecule has 1 fully saturated rings. The molecule has 178 valence electrons. The first-order chi connectivity index (χ1) is 16.3. The zero-order valence-electron chi connectivity index (χ0n) is 18.6. The second kappa shape index (κ2) is 9.78. The molecular formula is C24H24N2O7S. The van der Waals surface area contributed by atoms with Crippen molar-refractivity contribution >= 4 is 38.6 Å². The van der Waals surface area contributed by atoms with Crippen molar-refractivity contribution in [1.29, 1.82) is 0 Å². The van der Waals surface area contributed by atoms with Gasteiger partial charge in [0.2, 0.25) is 10.0 Å². The first-order valence-corrected chi connectivity index (χ1v) is 12.3. The Kier molecular flexibility index (Phi) is 6.80. The molecule has 0 aliphatic carbocycles. The molecular weight excluding hydrogens is 460 g/mol. The van der Waals surface area contributed by atoms with Gasteiger partial charge in [0.15, 0.2) is 6.61 Å². The average Bonchev–Trinajstić information content (AvgIpc) is 2.83. The highest BCUT2D eigenvalue weighted by Crippen LogP contribution is 2.26. The molecule has 0 saturated carbocycles. The fraction of sp³-hybridized carbons (Fsp3) is 0.292. The van der Waals surface area contributed by atoms with Crippen LogP contribution in [0.4, 0.5) is 5.69 Å². The van der Waals surface area contributed by atoms with Crippen LogP contribution in [0.3, 0.4) is 0 Å².